The first-order valence-corrected chi connectivity index (χ1v) is 23.9. The van der Waals surface area contributed by atoms with Gasteiger partial charge in [0.05, 0.1) is 0 Å². The summed E-state index contributed by atoms with van der Waals surface area (Å²) in [5, 5.41) is 9.43. The van der Waals surface area contributed by atoms with E-state index in [1.165, 1.54) is 165 Å². The lowest BCUT2D eigenvalue weighted by Crippen LogP contribution is -2.17. The molecule has 304 valence electrons. The van der Waals surface area contributed by atoms with Gasteiger partial charge in [-0.25, -0.2) is 4.79 Å². The maximum atomic E-state index is 13.6. The van der Waals surface area contributed by atoms with Gasteiger partial charge in [0.15, 0.2) is 0 Å². The van der Waals surface area contributed by atoms with Crippen LogP contribution in [0.15, 0.2) is 11.0 Å². The molecule has 5 nitrogen and oxygen atoms in total. The van der Waals surface area contributed by atoms with Gasteiger partial charge in [0.1, 0.15) is 4.90 Å². The van der Waals surface area contributed by atoms with Crippen LogP contribution in [0, 0.1) is 0 Å². The molecule has 6 heteroatoms. The number of rotatable bonds is 36. The maximum absolute atomic E-state index is 13.6. The molecule has 0 aromatic heterocycles. The molecule has 0 aliphatic heterocycles. The van der Waals surface area contributed by atoms with Crippen LogP contribution < -0.4 is 0 Å². The monoisotopic (exact) mass is 749 g/mol. The average Bonchev–Trinajstić information content (AvgIpc) is 3.10. The molecule has 0 atom stereocenters. The quantitative estimate of drug-likeness (QED) is 0.0546. The van der Waals surface area contributed by atoms with Crippen molar-refractivity contribution in [1.82, 2.24) is 0 Å². The van der Waals surface area contributed by atoms with Crippen molar-refractivity contribution >= 4 is 16.3 Å². The number of hydrogen-bond donors (Lipinski definition) is 1. The van der Waals surface area contributed by atoms with E-state index in [4.69, 9.17) is 0 Å². The van der Waals surface area contributed by atoms with Gasteiger partial charge in [-0.15, -0.1) is 0 Å². The highest BCUT2D eigenvalue weighted by Gasteiger charge is 2.29. The summed E-state index contributed by atoms with van der Waals surface area (Å²) >= 11 is 0. The Balaban J connectivity index is 3.18. The first-order chi connectivity index (χ1) is 25.2. The zero-order valence-electron chi connectivity index (χ0n) is 35.0. The van der Waals surface area contributed by atoms with Crippen LogP contribution >= 0.6 is 0 Å². The Labute approximate surface area is 323 Å². The highest BCUT2D eigenvalue weighted by atomic mass is 32.2. The summed E-state index contributed by atoms with van der Waals surface area (Å²) in [7, 11) is -4.44. The van der Waals surface area contributed by atoms with E-state index >= 15 is 0 Å². The number of benzene rings is 1. The number of carboxylic acid groups (broad SMARTS) is 1. The van der Waals surface area contributed by atoms with Crippen molar-refractivity contribution < 1.29 is 22.5 Å². The zero-order valence-corrected chi connectivity index (χ0v) is 35.8. The zero-order chi connectivity index (χ0) is 38.3. The van der Waals surface area contributed by atoms with Crippen LogP contribution in [0.4, 0.5) is 4.79 Å². The van der Waals surface area contributed by atoms with Crippen molar-refractivity contribution in [1.29, 1.82) is 0 Å². The summed E-state index contributed by atoms with van der Waals surface area (Å²) in [5.41, 5.74) is 4.41. The normalized spacial score (nSPS) is 11.9. The van der Waals surface area contributed by atoms with E-state index in [1.807, 2.05) is 0 Å². The van der Waals surface area contributed by atoms with Gasteiger partial charge in [0.25, 0.3) is 0 Å². The fourth-order valence-corrected chi connectivity index (χ4v) is 9.01. The van der Waals surface area contributed by atoms with Crippen LogP contribution in [0.5, 0.6) is 0 Å². The fourth-order valence-electron chi connectivity index (χ4n) is 7.94. The van der Waals surface area contributed by atoms with Crippen molar-refractivity contribution in [2.75, 3.05) is 0 Å². The molecule has 0 saturated heterocycles. The molecular weight excluding hydrogens is 665 g/mol. The lowest BCUT2D eigenvalue weighted by Gasteiger charge is -2.24. The maximum Gasteiger partial charge on any atom is 0.522 e. The van der Waals surface area contributed by atoms with Gasteiger partial charge in [-0.2, -0.15) is 8.42 Å². The third-order valence-corrected chi connectivity index (χ3v) is 12.3. The Kier molecular flexibility index (Phi) is 29.6. The van der Waals surface area contributed by atoms with Crippen molar-refractivity contribution in [3.8, 4) is 0 Å². The molecule has 0 radical (unpaired) electrons. The minimum atomic E-state index is -4.44. The molecule has 0 amide bonds. The van der Waals surface area contributed by atoms with Crippen LogP contribution in [0.25, 0.3) is 0 Å². The van der Waals surface area contributed by atoms with Crippen LogP contribution in [0.2, 0.25) is 0 Å². The Morgan fingerprint density at radius 3 is 1.10 bits per heavy atom. The third-order valence-electron chi connectivity index (χ3n) is 11.1. The van der Waals surface area contributed by atoms with Crippen molar-refractivity contribution in [2.24, 2.45) is 0 Å². The molecule has 0 aliphatic rings. The van der Waals surface area contributed by atoms with E-state index in [9.17, 15) is 18.3 Å². The van der Waals surface area contributed by atoms with Gasteiger partial charge in [-0.1, -0.05) is 208 Å². The van der Waals surface area contributed by atoms with Gasteiger partial charge in [0.2, 0.25) is 0 Å². The first-order valence-electron chi connectivity index (χ1n) is 22.5. The standard InChI is InChI=1S/C46H84O5S/c1-6-9-12-15-18-21-24-27-30-33-36-41-42(37-34-31-28-25-22-19-16-13-10-7-2)44(40(4)5)39-45(52(49,50)51-46(47)48)43(41)38-35-32-29-26-23-20-17-14-11-8-3/h39-40H,6-38H2,1-5H3,(H,47,48). The first kappa shape index (κ1) is 48.5. The smallest absolute Gasteiger partial charge is 0.449 e. The van der Waals surface area contributed by atoms with Gasteiger partial charge < -0.3 is 9.29 Å². The van der Waals surface area contributed by atoms with Crippen LogP contribution in [-0.4, -0.2) is 19.7 Å². The summed E-state index contributed by atoms with van der Waals surface area (Å²) in [6, 6.07) is 1.79. The van der Waals surface area contributed by atoms with Crippen molar-refractivity contribution in [3.05, 3.63) is 28.3 Å². The van der Waals surface area contributed by atoms with Crippen molar-refractivity contribution in [2.45, 2.75) is 257 Å². The van der Waals surface area contributed by atoms with E-state index in [2.05, 4.69) is 38.8 Å². The molecule has 0 fully saturated rings. The molecule has 1 N–H and O–H groups in total. The summed E-state index contributed by atoms with van der Waals surface area (Å²) in [4.78, 5) is 11.7. The van der Waals surface area contributed by atoms with E-state index < -0.39 is 16.3 Å². The van der Waals surface area contributed by atoms with E-state index in [-0.39, 0.29) is 10.8 Å². The van der Waals surface area contributed by atoms with E-state index in [1.54, 1.807) is 6.07 Å². The molecule has 0 aliphatic carbocycles. The average molecular weight is 749 g/mol. The number of unbranched alkanes of at least 4 members (excludes halogenated alkanes) is 27. The molecular formula is C46H84O5S. The van der Waals surface area contributed by atoms with E-state index in [0.717, 1.165) is 62.5 Å². The highest BCUT2D eigenvalue weighted by molar-refractivity contribution is 7.87. The Bertz CT molecular complexity index is 1130. The van der Waals surface area contributed by atoms with Gasteiger partial charge in [0, 0.05) is 0 Å². The van der Waals surface area contributed by atoms with Gasteiger partial charge in [-0.3, -0.25) is 0 Å². The van der Waals surface area contributed by atoms with E-state index in [0.29, 0.717) is 6.42 Å². The lowest BCUT2D eigenvalue weighted by molar-refractivity contribution is 0.147. The van der Waals surface area contributed by atoms with Gasteiger partial charge >= 0.3 is 16.3 Å². The minimum absolute atomic E-state index is 0.100. The SMILES string of the molecule is CCCCCCCCCCCCc1c(C(C)C)cc(S(=O)(=O)OC(=O)O)c(CCCCCCCCCCCC)c1CCCCCCCCCCCC. The molecule has 1 aromatic carbocycles. The minimum Gasteiger partial charge on any atom is -0.449 e. The summed E-state index contributed by atoms with van der Waals surface area (Å²) in [5.74, 6) is 0.134. The second-order valence-electron chi connectivity index (χ2n) is 16.2. The molecule has 0 heterocycles. The van der Waals surface area contributed by atoms with Crippen LogP contribution in [0.1, 0.15) is 255 Å². The molecule has 0 bridgehead atoms. The Hall–Kier alpha value is -1.56. The molecule has 0 unspecified atom stereocenters. The highest BCUT2D eigenvalue weighted by Crippen LogP contribution is 2.36. The predicted octanol–water partition coefficient (Wildman–Crippen LogP) is 15.6. The van der Waals surface area contributed by atoms with Crippen molar-refractivity contribution in [3.63, 3.8) is 0 Å². The van der Waals surface area contributed by atoms with Crippen LogP contribution in [-0.2, 0) is 33.6 Å². The molecule has 1 aromatic rings. The Morgan fingerprint density at radius 2 is 0.788 bits per heavy atom. The summed E-state index contributed by atoms with van der Waals surface area (Å²) in [6.07, 6.45) is 38.4. The van der Waals surface area contributed by atoms with Gasteiger partial charge in [-0.05, 0) is 72.8 Å². The topological polar surface area (TPSA) is 80.7 Å². The predicted molar refractivity (Wildman–Crippen MR) is 223 cm³/mol. The summed E-state index contributed by atoms with van der Waals surface area (Å²) < 4.78 is 31.8. The second kappa shape index (κ2) is 31.8. The Morgan fingerprint density at radius 1 is 0.500 bits per heavy atom. The number of carbonyl (C=O) groups is 1. The second-order valence-corrected chi connectivity index (χ2v) is 17.7. The molecule has 0 saturated carbocycles. The largest absolute Gasteiger partial charge is 0.522 e. The molecule has 1 rings (SSSR count). The fraction of sp³-hybridized carbons (Fsp3) is 0.848. The van der Waals surface area contributed by atoms with Crippen LogP contribution in [0.3, 0.4) is 0 Å². The number of hydrogen-bond acceptors (Lipinski definition) is 4. The summed E-state index contributed by atoms with van der Waals surface area (Å²) in [6.45, 7) is 11.1. The molecule has 52 heavy (non-hydrogen) atoms. The lowest BCUT2D eigenvalue weighted by atomic mass is 9.83. The third kappa shape index (κ3) is 22.6. The molecule has 0 spiro atoms.